The van der Waals surface area contributed by atoms with Crippen molar-refractivity contribution in [2.24, 2.45) is 5.73 Å². The lowest BCUT2D eigenvalue weighted by Crippen LogP contribution is -2.22. The van der Waals surface area contributed by atoms with Crippen LogP contribution in [0.25, 0.3) is 0 Å². The van der Waals surface area contributed by atoms with Crippen LogP contribution in [0.1, 0.15) is 0 Å². The molecule has 0 aliphatic rings. The third-order valence-electron chi connectivity index (χ3n) is 1.65. The van der Waals surface area contributed by atoms with Gasteiger partial charge in [-0.1, -0.05) is 6.07 Å². The molecule has 1 rings (SSSR count). The van der Waals surface area contributed by atoms with E-state index >= 15 is 0 Å². The quantitative estimate of drug-likeness (QED) is 0.713. The van der Waals surface area contributed by atoms with Gasteiger partial charge in [0.05, 0.1) is 6.54 Å². The molecular formula is C9H14N4O. The highest BCUT2D eigenvalue weighted by Gasteiger charge is 2.02. The molecule has 0 aliphatic heterocycles. The maximum Gasteiger partial charge on any atom is 0.239 e. The Bertz CT molecular complexity index is 324. The minimum Gasteiger partial charge on any atom is -0.363 e. The van der Waals surface area contributed by atoms with Crippen LogP contribution in [0.5, 0.6) is 0 Å². The molecule has 1 heterocycles. The van der Waals surface area contributed by atoms with Crippen LogP contribution in [0.3, 0.4) is 0 Å². The summed E-state index contributed by atoms with van der Waals surface area (Å²) in [6, 6.07) is 5.41. The molecule has 0 fully saturated rings. The number of pyridine rings is 1. The third-order valence-corrected chi connectivity index (χ3v) is 1.65. The highest BCUT2D eigenvalue weighted by molar-refractivity contribution is 5.91. The summed E-state index contributed by atoms with van der Waals surface area (Å²) >= 11 is 0. The van der Waals surface area contributed by atoms with Crippen LogP contribution in [0.15, 0.2) is 18.2 Å². The zero-order chi connectivity index (χ0) is 10.6. The molecule has 0 aliphatic carbocycles. The zero-order valence-electron chi connectivity index (χ0n) is 8.32. The largest absolute Gasteiger partial charge is 0.363 e. The van der Waals surface area contributed by atoms with E-state index in [1.54, 1.807) is 6.07 Å². The van der Waals surface area contributed by atoms with Crippen LogP contribution < -0.4 is 16.0 Å². The van der Waals surface area contributed by atoms with Crippen LogP contribution in [0.4, 0.5) is 11.6 Å². The number of rotatable bonds is 3. The van der Waals surface area contributed by atoms with E-state index in [0.29, 0.717) is 5.82 Å². The van der Waals surface area contributed by atoms with E-state index < -0.39 is 0 Å². The van der Waals surface area contributed by atoms with E-state index in [-0.39, 0.29) is 12.5 Å². The van der Waals surface area contributed by atoms with E-state index in [2.05, 4.69) is 10.3 Å². The SMILES string of the molecule is CN(C)c1cccc(NC(=O)CN)n1. The molecule has 0 spiro atoms. The molecule has 1 amide bonds. The summed E-state index contributed by atoms with van der Waals surface area (Å²) < 4.78 is 0. The third kappa shape index (κ3) is 2.70. The zero-order valence-corrected chi connectivity index (χ0v) is 8.32. The number of nitrogens with zero attached hydrogens (tertiary/aromatic N) is 2. The number of carbonyl (C=O) groups excluding carboxylic acids is 1. The number of hydrogen-bond acceptors (Lipinski definition) is 4. The highest BCUT2D eigenvalue weighted by atomic mass is 16.1. The van der Waals surface area contributed by atoms with Gasteiger partial charge in [0.1, 0.15) is 11.6 Å². The molecule has 0 saturated carbocycles. The summed E-state index contributed by atoms with van der Waals surface area (Å²) in [6.45, 7) is -0.0339. The van der Waals surface area contributed by atoms with Gasteiger partial charge in [0, 0.05) is 14.1 Å². The summed E-state index contributed by atoms with van der Waals surface area (Å²) in [5, 5.41) is 2.59. The van der Waals surface area contributed by atoms with Crippen molar-refractivity contribution in [3.8, 4) is 0 Å². The van der Waals surface area contributed by atoms with E-state index in [0.717, 1.165) is 5.82 Å². The van der Waals surface area contributed by atoms with Gasteiger partial charge < -0.3 is 16.0 Å². The van der Waals surface area contributed by atoms with E-state index in [1.165, 1.54) is 0 Å². The number of hydrogen-bond donors (Lipinski definition) is 2. The van der Waals surface area contributed by atoms with Gasteiger partial charge in [0.2, 0.25) is 5.91 Å². The van der Waals surface area contributed by atoms with Gasteiger partial charge in [-0.25, -0.2) is 4.98 Å². The Labute approximate surface area is 82.9 Å². The van der Waals surface area contributed by atoms with E-state index in [4.69, 9.17) is 5.73 Å². The van der Waals surface area contributed by atoms with Gasteiger partial charge in [-0.2, -0.15) is 0 Å². The lowest BCUT2D eigenvalue weighted by Gasteiger charge is -2.12. The van der Waals surface area contributed by atoms with Crippen LogP contribution >= 0.6 is 0 Å². The fraction of sp³-hybridized carbons (Fsp3) is 0.333. The number of carbonyl (C=O) groups is 1. The number of amides is 1. The summed E-state index contributed by atoms with van der Waals surface area (Å²) in [5.74, 6) is 1.07. The van der Waals surface area contributed by atoms with Gasteiger partial charge in [-0.3, -0.25) is 4.79 Å². The number of anilines is 2. The molecule has 1 aromatic heterocycles. The summed E-state index contributed by atoms with van der Waals surface area (Å²) in [6.07, 6.45) is 0. The Balaban J connectivity index is 2.78. The second-order valence-electron chi connectivity index (χ2n) is 3.03. The van der Waals surface area contributed by atoms with Crippen LogP contribution in [-0.4, -0.2) is 31.5 Å². The maximum absolute atomic E-state index is 11.0. The van der Waals surface area contributed by atoms with Crippen LogP contribution in [0.2, 0.25) is 0 Å². The molecule has 0 bridgehead atoms. The smallest absolute Gasteiger partial charge is 0.239 e. The normalized spacial score (nSPS) is 9.64. The second-order valence-corrected chi connectivity index (χ2v) is 3.03. The lowest BCUT2D eigenvalue weighted by atomic mass is 10.4. The highest BCUT2D eigenvalue weighted by Crippen LogP contribution is 2.10. The topological polar surface area (TPSA) is 71.2 Å². The van der Waals surface area contributed by atoms with Crippen molar-refractivity contribution in [2.45, 2.75) is 0 Å². The van der Waals surface area contributed by atoms with Crippen LogP contribution in [-0.2, 0) is 4.79 Å². The van der Waals surface area contributed by atoms with Crippen molar-refractivity contribution < 1.29 is 4.79 Å². The predicted molar refractivity (Wildman–Crippen MR) is 56.2 cm³/mol. The van der Waals surface area contributed by atoms with E-state index in [9.17, 15) is 4.79 Å². The Kier molecular flexibility index (Phi) is 3.41. The maximum atomic E-state index is 11.0. The second kappa shape index (κ2) is 4.57. The molecule has 3 N–H and O–H groups in total. The molecule has 0 saturated heterocycles. The molecular weight excluding hydrogens is 180 g/mol. The minimum atomic E-state index is -0.242. The molecule has 1 aromatic rings. The molecule has 0 aromatic carbocycles. The molecule has 0 radical (unpaired) electrons. The fourth-order valence-corrected chi connectivity index (χ4v) is 0.936. The first-order valence-corrected chi connectivity index (χ1v) is 4.28. The molecule has 0 unspecified atom stereocenters. The summed E-state index contributed by atoms with van der Waals surface area (Å²) in [5.41, 5.74) is 5.17. The van der Waals surface area contributed by atoms with Crippen molar-refractivity contribution in [1.82, 2.24) is 4.98 Å². The van der Waals surface area contributed by atoms with Gasteiger partial charge >= 0.3 is 0 Å². The van der Waals surface area contributed by atoms with Gasteiger partial charge in [0.15, 0.2) is 0 Å². The average Bonchev–Trinajstić information content (AvgIpc) is 2.18. The van der Waals surface area contributed by atoms with Crippen molar-refractivity contribution >= 4 is 17.5 Å². The standard InChI is InChI=1S/C9H14N4O/c1-13(2)8-5-3-4-7(11-8)12-9(14)6-10/h3-5H,6,10H2,1-2H3,(H,11,12,14). The summed E-state index contributed by atoms with van der Waals surface area (Å²) in [4.78, 5) is 17.0. The number of nitrogens with two attached hydrogens (primary N) is 1. The van der Waals surface area contributed by atoms with Gasteiger partial charge in [-0.15, -0.1) is 0 Å². The van der Waals surface area contributed by atoms with Gasteiger partial charge in [0.25, 0.3) is 0 Å². The van der Waals surface area contributed by atoms with Crippen LogP contribution in [0, 0.1) is 0 Å². The van der Waals surface area contributed by atoms with Crippen molar-refractivity contribution in [2.75, 3.05) is 30.9 Å². The van der Waals surface area contributed by atoms with E-state index in [1.807, 2.05) is 31.1 Å². The molecule has 76 valence electrons. The minimum absolute atomic E-state index is 0.0339. The average molecular weight is 194 g/mol. The Hall–Kier alpha value is -1.62. The molecule has 14 heavy (non-hydrogen) atoms. The Morgan fingerprint density at radius 2 is 2.29 bits per heavy atom. The van der Waals surface area contributed by atoms with Crippen molar-refractivity contribution in [3.05, 3.63) is 18.2 Å². The fourth-order valence-electron chi connectivity index (χ4n) is 0.936. The lowest BCUT2D eigenvalue weighted by molar-refractivity contribution is -0.114. The molecule has 5 heteroatoms. The van der Waals surface area contributed by atoms with Crippen molar-refractivity contribution in [3.63, 3.8) is 0 Å². The van der Waals surface area contributed by atoms with Gasteiger partial charge in [-0.05, 0) is 12.1 Å². The first kappa shape index (κ1) is 10.5. The van der Waals surface area contributed by atoms with Crippen molar-refractivity contribution in [1.29, 1.82) is 0 Å². The first-order chi connectivity index (χ1) is 6.63. The predicted octanol–water partition coefficient (Wildman–Crippen LogP) is 0.0448. The molecule has 5 nitrogen and oxygen atoms in total. The number of aromatic nitrogens is 1. The monoisotopic (exact) mass is 194 g/mol. The Morgan fingerprint density at radius 3 is 2.86 bits per heavy atom. The summed E-state index contributed by atoms with van der Waals surface area (Å²) in [7, 11) is 3.77. The Morgan fingerprint density at radius 1 is 1.57 bits per heavy atom. The molecule has 0 atom stereocenters. The first-order valence-electron chi connectivity index (χ1n) is 4.28. The number of nitrogens with one attached hydrogen (secondary N) is 1.